The van der Waals surface area contributed by atoms with Gasteiger partial charge in [0, 0.05) is 18.1 Å². The van der Waals surface area contributed by atoms with Gasteiger partial charge in [0.1, 0.15) is 23.3 Å². The van der Waals surface area contributed by atoms with Crippen molar-refractivity contribution in [1.82, 2.24) is 4.37 Å². The summed E-state index contributed by atoms with van der Waals surface area (Å²) in [6, 6.07) is 13.7. The number of esters is 1. The summed E-state index contributed by atoms with van der Waals surface area (Å²) in [7, 11) is 1.60. The lowest BCUT2D eigenvalue weighted by molar-refractivity contribution is -0.143. The van der Waals surface area contributed by atoms with E-state index in [0.29, 0.717) is 42.7 Å². The molecule has 0 atom stereocenters. The second-order valence-corrected chi connectivity index (χ2v) is 7.79. The van der Waals surface area contributed by atoms with Crippen molar-refractivity contribution in [1.29, 1.82) is 0 Å². The molecule has 158 valence electrons. The molecule has 0 radical (unpaired) electrons. The molecule has 0 bridgehead atoms. The molecular weight excluding hydrogens is 422 g/mol. The molecule has 0 fully saturated rings. The van der Waals surface area contributed by atoms with Gasteiger partial charge in [0.25, 0.3) is 0 Å². The number of ether oxygens (including phenoxy) is 3. The normalized spacial score (nSPS) is 10.7. The standard InChI is InChI=1S/C23H24ClNO4S/c1-4-28-21(26)12-10-16-9-11-17(13-20(16)27-3)29-14-19-22(30-25-23(19)24)18-8-6-5-7-15(18)2/h5-9,11,13H,4,10,12,14H2,1-3H3. The Kier molecular flexibility index (Phi) is 7.71. The summed E-state index contributed by atoms with van der Waals surface area (Å²) >= 11 is 7.72. The van der Waals surface area contributed by atoms with E-state index in [-0.39, 0.29) is 5.97 Å². The van der Waals surface area contributed by atoms with Crippen molar-refractivity contribution in [2.24, 2.45) is 0 Å². The highest BCUT2D eigenvalue weighted by Crippen LogP contribution is 2.36. The Hall–Kier alpha value is -2.57. The number of rotatable bonds is 9. The summed E-state index contributed by atoms with van der Waals surface area (Å²) in [5.41, 5.74) is 4.05. The van der Waals surface area contributed by atoms with Crippen molar-refractivity contribution in [3.05, 3.63) is 64.3 Å². The van der Waals surface area contributed by atoms with Crippen LogP contribution < -0.4 is 9.47 Å². The topological polar surface area (TPSA) is 57.7 Å². The van der Waals surface area contributed by atoms with Gasteiger partial charge in [0.05, 0.1) is 18.6 Å². The zero-order chi connectivity index (χ0) is 21.5. The zero-order valence-corrected chi connectivity index (χ0v) is 18.8. The molecule has 1 aromatic heterocycles. The SMILES string of the molecule is CCOC(=O)CCc1ccc(OCc2c(Cl)nsc2-c2ccccc2C)cc1OC. The smallest absolute Gasteiger partial charge is 0.306 e. The third kappa shape index (κ3) is 5.32. The molecule has 2 aromatic carbocycles. The average molecular weight is 446 g/mol. The van der Waals surface area contributed by atoms with Gasteiger partial charge in [0.15, 0.2) is 0 Å². The molecule has 1 heterocycles. The number of methoxy groups -OCH3 is 1. The van der Waals surface area contributed by atoms with Gasteiger partial charge < -0.3 is 14.2 Å². The van der Waals surface area contributed by atoms with E-state index in [9.17, 15) is 4.79 Å². The summed E-state index contributed by atoms with van der Waals surface area (Å²) in [5, 5.41) is 0.455. The fourth-order valence-electron chi connectivity index (χ4n) is 3.10. The predicted molar refractivity (Wildman–Crippen MR) is 120 cm³/mol. The Morgan fingerprint density at radius 3 is 2.73 bits per heavy atom. The van der Waals surface area contributed by atoms with Gasteiger partial charge in [-0.2, -0.15) is 4.37 Å². The van der Waals surface area contributed by atoms with E-state index in [1.165, 1.54) is 11.5 Å². The number of carbonyl (C=O) groups is 1. The molecule has 5 nitrogen and oxygen atoms in total. The number of benzene rings is 2. The lowest BCUT2D eigenvalue weighted by atomic mass is 10.1. The van der Waals surface area contributed by atoms with Gasteiger partial charge in [-0.1, -0.05) is 41.9 Å². The molecule has 7 heteroatoms. The average Bonchev–Trinajstić information content (AvgIpc) is 3.11. The molecule has 0 spiro atoms. The van der Waals surface area contributed by atoms with Crippen LogP contribution in [0.4, 0.5) is 0 Å². The summed E-state index contributed by atoms with van der Waals surface area (Å²) < 4.78 is 20.8. The van der Waals surface area contributed by atoms with E-state index in [2.05, 4.69) is 23.4 Å². The fourth-order valence-corrected chi connectivity index (χ4v) is 4.28. The lowest BCUT2D eigenvalue weighted by Gasteiger charge is -2.12. The molecule has 0 unspecified atom stereocenters. The lowest BCUT2D eigenvalue weighted by Crippen LogP contribution is -2.06. The number of aromatic nitrogens is 1. The summed E-state index contributed by atoms with van der Waals surface area (Å²) in [4.78, 5) is 12.6. The Morgan fingerprint density at radius 2 is 2.00 bits per heavy atom. The van der Waals surface area contributed by atoms with E-state index < -0.39 is 0 Å². The van der Waals surface area contributed by atoms with Crippen molar-refractivity contribution in [3.63, 3.8) is 0 Å². The molecule has 0 saturated heterocycles. The predicted octanol–water partition coefficient (Wildman–Crippen LogP) is 5.86. The molecule has 3 aromatic rings. The second-order valence-electron chi connectivity index (χ2n) is 6.66. The maximum atomic E-state index is 11.6. The molecule has 0 aliphatic heterocycles. The van der Waals surface area contributed by atoms with Crippen LogP contribution >= 0.6 is 23.1 Å². The third-order valence-corrected chi connectivity index (χ3v) is 6.01. The van der Waals surface area contributed by atoms with Gasteiger partial charge >= 0.3 is 5.97 Å². The first kappa shape index (κ1) is 22.1. The van der Waals surface area contributed by atoms with Crippen molar-refractivity contribution in [2.75, 3.05) is 13.7 Å². The molecule has 0 saturated carbocycles. The van der Waals surface area contributed by atoms with Crippen LogP contribution in [0.15, 0.2) is 42.5 Å². The van der Waals surface area contributed by atoms with Crippen LogP contribution in [0.25, 0.3) is 10.4 Å². The van der Waals surface area contributed by atoms with Gasteiger partial charge in [-0.05, 0) is 54.6 Å². The zero-order valence-electron chi connectivity index (χ0n) is 17.2. The van der Waals surface area contributed by atoms with Crippen LogP contribution in [-0.2, 0) is 22.6 Å². The number of aryl methyl sites for hydroxylation is 2. The highest BCUT2D eigenvalue weighted by molar-refractivity contribution is 7.10. The van der Waals surface area contributed by atoms with E-state index in [0.717, 1.165) is 27.1 Å². The first-order chi connectivity index (χ1) is 14.5. The van der Waals surface area contributed by atoms with Gasteiger partial charge in [-0.15, -0.1) is 0 Å². The van der Waals surface area contributed by atoms with Crippen LogP contribution in [0.2, 0.25) is 5.15 Å². The van der Waals surface area contributed by atoms with Crippen LogP contribution in [-0.4, -0.2) is 24.1 Å². The molecule has 0 N–H and O–H groups in total. The highest BCUT2D eigenvalue weighted by atomic mass is 35.5. The first-order valence-electron chi connectivity index (χ1n) is 9.68. The van der Waals surface area contributed by atoms with Crippen LogP contribution in [0.5, 0.6) is 11.5 Å². The Bertz CT molecular complexity index is 1020. The maximum Gasteiger partial charge on any atom is 0.306 e. The Morgan fingerprint density at radius 1 is 1.20 bits per heavy atom. The van der Waals surface area contributed by atoms with Crippen LogP contribution in [0.1, 0.15) is 30.0 Å². The summed E-state index contributed by atoms with van der Waals surface area (Å²) in [5.74, 6) is 1.11. The van der Waals surface area contributed by atoms with Gasteiger partial charge in [0.2, 0.25) is 0 Å². The minimum atomic E-state index is -0.219. The van der Waals surface area contributed by atoms with Crippen LogP contribution in [0.3, 0.4) is 0 Å². The van der Waals surface area contributed by atoms with Crippen molar-refractivity contribution in [3.8, 4) is 21.9 Å². The minimum absolute atomic E-state index is 0.219. The number of halogens is 1. The van der Waals surface area contributed by atoms with E-state index in [1.54, 1.807) is 14.0 Å². The van der Waals surface area contributed by atoms with Crippen molar-refractivity contribution < 1.29 is 19.0 Å². The molecule has 0 aliphatic rings. The van der Waals surface area contributed by atoms with Gasteiger partial charge in [-0.3, -0.25) is 4.79 Å². The van der Waals surface area contributed by atoms with E-state index in [4.69, 9.17) is 25.8 Å². The molecule has 0 aliphatic carbocycles. The monoisotopic (exact) mass is 445 g/mol. The molecule has 0 amide bonds. The highest BCUT2D eigenvalue weighted by Gasteiger charge is 2.17. The van der Waals surface area contributed by atoms with E-state index >= 15 is 0 Å². The minimum Gasteiger partial charge on any atom is -0.496 e. The van der Waals surface area contributed by atoms with Crippen LogP contribution in [0, 0.1) is 6.92 Å². The maximum absolute atomic E-state index is 11.6. The fraction of sp³-hybridized carbons (Fsp3) is 0.304. The Labute approximate surface area is 185 Å². The summed E-state index contributed by atoms with van der Waals surface area (Å²) in [6.07, 6.45) is 0.848. The van der Waals surface area contributed by atoms with Crippen molar-refractivity contribution in [2.45, 2.75) is 33.3 Å². The molecule has 3 rings (SSSR count). The number of carbonyl (C=O) groups excluding carboxylic acids is 1. The van der Waals surface area contributed by atoms with E-state index in [1.807, 2.05) is 30.3 Å². The Balaban J connectivity index is 1.73. The molecule has 30 heavy (non-hydrogen) atoms. The third-order valence-electron chi connectivity index (χ3n) is 4.68. The second kappa shape index (κ2) is 10.5. The van der Waals surface area contributed by atoms with Gasteiger partial charge in [-0.25, -0.2) is 0 Å². The number of nitrogens with zero attached hydrogens (tertiary/aromatic N) is 1. The number of hydrogen-bond donors (Lipinski definition) is 0. The van der Waals surface area contributed by atoms with Crippen molar-refractivity contribution >= 4 is 29.1 Å². The largest absolute Gasteiger partial charge is 0.496 e. The number of hydrogen-bond acceptors (Lipinski definition) is 6. The summed E-state index contributed by atoms with van der Waals surface area (Å²) in [6.45, 7) is 4.54. The first-order valence-corrected chi connectivity index (χ1v) is 10.8. The molecular formula is C23H24ClNO4S. The quantitative estimate of drug-likeness (QED) is 0.386.